The zero-order valence-electron chi connectivity index (χ0n) is 17.1. The largest absolute Gasteiger partial charge is 0.393 e. The van der Waals surface area contributed by atoms with Crippen LogP contribution in [-0.2, 0) is 12.8 Å². The van der Waals surface area contributed by atoms with E-state index in [1.165, 1.54) is 36.8 Å². The Morgan fingerprint density at radius 1 is 1.07 bits per heavy atom. The topological polar surface area (TPSA) is 20.2 Å². The third kappa shape index (κ3) is 3.36. The molecule has 0 amide bonds. The van der Waals surface area contributed by atoms with Crippen molar-refractivity contribution in [2.45, 2.75) is 71.3 Å². The number of hydrogen-bond acceptors (Lipinski definition) is 1. The van der Waals surface area contributed by atoms with E-state index >= 15 is 0 Å². The molecule has 2 aliphatic carbocycles. The number of benzene rings is 2. The highest BCUT2D eigenvalue weighted by molar-refractivity contribution is 5.39. The number of aryl methyl sites for hydroxylation is 1. The first-order chi connectivity index (χ1) is 13.0. The van der Waals surface area contributed by atoms with Crippen molar-refractivity contribution < 1.29 is 5.11 Å². The first kappa shape index (κ1) is 18.7. The molecule has 0 bridgehead atoms. The van der Waals surface area contributed by atoms with E-state index in [-0.39, 0.29) is 11.5 Å². The Hall–Kier alpha value is -1.60. The molecule has 1 nitrogen and oxygen atoms in total. The summed E-state index contributed by atoms with van der Waals surface area (Å²) in [6.45, 7) is 6.67. The van der Waals surface area contributed by atoms with Crippen LogP contribution in [0.4, 0.5) is 0 Å². The first-order valence-corrected chi connectivity index (χ1v) is 10.9. The van der Waals surface area contributed by atoms with E-state index in [1.807, 2.05) is 6.92 Å². The Morgan fingerprint density at radius 3 is 2.56 bits per heavy atom. The van der Waals surface area contributed by atoms with Crippen molar-refractivity contribution >= 4 is 0 Å². The molecule has 0 saturated heterocycles. The molecular formula is C26H34O. The summed E-state index contributed by atoms with van der Waals surface area (Å²) in [5.74, 6) is 2.06. The molecule has 2 aromatic carbocycles. The van der Waals surface area contributed by atoms with E-state index in [2.05, 4.69) is 62.4 Å². The Labute approximate surface area is 164 Å². The van der Waals surface area contributed by atoms with Crippen LogP contribution in [-0.4, -0.2) is 11.2 Å². The molecule has 4 rings (SSSR count). The minimum absolute atomic E-state index is 0.0840. The fraction of sp³-hybridized carbons (Fsp3) is 0.538. The van der Waals surface area contributed by atoms with Crippen molar-refractivity contribution in [3.05, 3.63) is 70.8 Å². The summed E-state index contributed by atoms with van der Waals surface area (Å²) in [5.41, 5.74) is 6.10. The molecule has 2 aliphatic rings. The van der Waals surface area contributed by atoms with Crippen molar-refractivity contribution in [3.8, 4) is 0 Å². The normalized spacial score (nSPS) is 31.0. The van der Waals surface area contributed by atoms with Crippen LogP contribution in [0, 0.1) is 17.3 Å². The number of fused-ring (bicyclic) bond motifs is 3. The van der Waals surface area contributed by atoms with E-state index in [0.717, 1.165) is 18.8 Å². The maximum absolute atomic E-state index is 10.5. The Kier molecular flexibility index (Phi) is 5.16. The predicted molar refractivity (Wildman–Crippen MR) is 113 cm³/mol. The summed E-state index contributed by atoms with van der Waals surface area (Å²) < 4.78 is 0. The molecule has 0 spiro atoms. The van der Waals surface area contributed by atoms with Crippen LogP contribution in [0.15, 0.2) is 48.5 Å². The van der Waals surface area contributed by atoms with Gasteiger partial charge in [-0.3, -0.25) is 0 Å². The van der Waals surface area contributed by atoms with Gasteiger partial charge in [0.1, 0.15) is 0 Å². The van der Waals surface area contributed by atoms with E-state index in [1.54, 1.807) is 11.1 Å². The molecule has 0 heterocycles. The third-order valence-corrected chi connectivity index (χ3v) is 7.87. The van der Waals surface area contributed by atoms with E-state index < -0.39 is 0 Å². The summed E-state index contributed by atoms with van der Waals surface area (Å²) in [6, 6.07) is 18.1. The van der Waals surface area contributed by atoms with E-state index in [0.29, 0.717) is 11.8 Å². The highest BCUT2D eigenvalue weighted by Crippen LogP contribution is 2.56. The predicted octanol–water partition coefficient (Wildman–Crippen LogP) is 6.13. The second kappa shape index (κ2) is 7.43. The lowest BCUT2D eigenvalue weighted by molar-refractivity contribution is -0.0613. The SMILES string of the molecule is CCC1C2CCc3cc(Cc4ccccc4)ccc3C2CC[C@]1(C)[C@H](C)O. The third-order valence-electron chi connectivity index (χ3n) is 7.87. The summed E-state index contributed by atoms with van der Waals surface area (Å²) >= 11 is 0. The smallest absolute Gasteiger partial charge is 0.0568 e. The van der Waals surface area contributed by atoms with Crippen molar-refractivity contribution in [3.63, 3.8) is 0 Å². The van der Waals surface area contributed by atoms with Crippen molar-refractivity contribution in [1.29, 1.82) is 0 Å². The first-order valence-electron chi connectivity index (χ1n) is 10.9. The molecule has 5 atom stereocenters. The van der Waals surface area contributed by atoms with Gasteiger partial charge in [-0.15, -0.1) is 0 Å². The van der Waals surface area contributed by atoms with Crippen molar-refractivity contribution in [2.75, 3.05) is 0 Å². The van der Waals surface area contributed by atoms with Gasteiger partial charge in [0.05, 0.1) is 6.10 Å². The monoisotopic (exact) mass is 362 g/mol. The van der Waals surface area contributed by atoms with Crippen LogP contribution in [0.1, 0.15) is 74.6 Å². The van der Waals surface area contributed by atoms with Gasteiger partial charge < -0.3 is 5.11 Å². The number of hydrogen-bond donors (Lipinski definition) is 1. The Balaban J connectivity index is 1.59. The molecule has 1 saturated carbocycles. The molecule has 27 heavy (non-hydrogen) atoms. The molecule has 0 aromatic heterocycles. The Bertz CT molecular complexity index is 778. The van der Waals surface area contributed by atoms with Crippen LogP contribution in [0.2, 0.25) is 0 Å². The summed E-state index contributed by atoms with van der Waals surface area (Å²) in [5, 5.41) is 10.5. The minimum Gasteiger partial charge on any atom is -0.393 e. The van der Waals surface area contributed by atoms with Crippen LogP contribution in [0.25, 0.3) is 0 Å². The lowest BCUT2D eigenvalue weighted by Crippen LogP contribution is -2.47. The van der Waals surface area contributed by atoms with Crippen LogP contribution >= 0.6 is 0 Å². The second-order valence-corrected chi connectivity index (χ2v) is 9.24. The highest BCUT2D eigenvalue weighted by atomic mass is 16.3. The number of aliphatic hydroxyl groups is 1. The fourth-order valence-corrected chi connectivity index (χ4v) is 6.21. The molecular weight excluding hydrogens is 328 g/mol. The van der Waals surface area contributed by atoms with E-state index in [9.17, 15) is 5.11 Å². The summed E-state index contributed by atoms with van der Waals surface area (Å²) in [4.78, 5) is 0. The van der Waals surface area contributed by atoms with E-state index in [4.69, 9.17) is 0 Å². The standard InChI is InChI=1S/C26H34O/c1-4-25-24-13-11-21-17-20(16-19-8-6-5-7-9-19)10-12-22(21)23(24)14-15-26(25,3)18(2)27/h5-10,12,17-18,23-25,27H,4,11,13-16H2,1-3H3/t18-,23?,24?,25?,26+/m0/s1. The van der Waals surface area contributed by atoms with Crippen LogP contribution < -0.4 is 0 Å². The zero-order valence-corrected chi connectivity index (χ0v) is 17.1. The molecule has 1 fully saturated rings. The summed E-state index contributed by atoms with van der Waals surface area (Å²) in [6.07, 6.45) is 6.87. The van der Waals surface area contributed by atoms with Gasteiger partial charge in [-0.2, -0.15) is 0 Å². The van der Waals surface area contributed by atoms with Gasteiger partial charge in [-0.25, -0.2) is 0 Å². The van der Waals surface area contributed by atoms with Gasteiger partial charge in [-0.05, 0) is 84.5 Å². The van der Waals surface area contributed by atoms with Gasteiger partial charge in [-0.1, -0.05) is 68.8 Å². The molecule has 144 valence electrons. The van der Waals surface area contributed by atoms with Crippen LogP contribution in [0.3, 0.4) is 0 Å². The average molecular weight is 363 g/mol. The van der Waals surface area contributed by atoms with Gasteiger partial charge in [0, 0.05) is 0 Å². The fourth-order valence-electron chi connectivity index (χ4n) is 6.21. The quantitative estimate of drug-likeness (QED) is 0.693. The van der Waals surface area contributed by atoms with Gasteiger partial charge >= 0.3 is 0 Å². The number of aliphatic hydroxyl groups excluding tert-OH is 1. The highest BCUT2D eigenvalue weighted by Gasteiger charge is 2.49. The lowest BCUT2D eigenvalue weighted by Gasteiger charge is -2.53. The Morgan fingerprint density at radius 2 is 1.85 bits per heavy atom. The lowest BCUT2D eigenvalue weighted by atomic mass is 9.52. The zero-order chi connectivity index (χ0) is 19.0. The molecule has 1 heteroatoms. The van der Waals surface area contributed by atoms with Crippen LogP contribution in [0.5, 0.6) is 0 Å². The molecule has 0 aliphatic heterocycles. The molecule has 3 unspecified atom stereocenters. The summed E-state index contributed by atoms with van der Waals surface area (Å²) in [7, 11) is 0. The van der Waals surface area contributed by atoms with Gasteiger partial charge in [0.15, 0.2) is 0 Å². The molecule has 0 radical (unpaired) electrons. The molecule has 2 aromatic rings. The maximum atomic E-state index is 10.5. The van der Waals surface area contributed by atoms with Crippen molar-refractivity contribution in [2.24, 2.45) is 17.3 Å². The second-order valence-electron chi connectivity index (χ2n) is 9.24. The average Bonchev–Trinajstić information content (AvgIpc) is 2.68. The number of rotatable bonds is 4. The van der Waals surface area contributed by atoms with Crippen molar-refractivity contribution in [1.82, 2.24) is 0 Å². The van der Waals surface area contributed by atoms with Gasteiger partial charge in [0.2, 0.25) is 0 Å². The minimum atomic E-state index is -0.210. The van der Waals surface area contributed by atoms with Gasteiger partial charge in [0.25, 0.3) is 0 Å². The maximum Gasteiger partial charge on any atom is 0.0568 e. The molecule has 1 N–H and O–H groups in total.